The Hall–Kier alpha value is -1.76. The number of nitrogens with two attached hydrogens (primary N) is 1. The first-order valence-electron chi connectivity index (χ1n) is 6.76. The first-order chi connectivity index (χ1) is 9.35. The Morgan fingerprint density at radius 2 is 2.26 bits per heavy atom. The van der Waals surface area contributed by atoms with Crippen LogP contribution in [0, 0.1) is 0 Å². The number of rotatable bonds is 7. The van der Waals surface area contributed by atoms with Crippen molar-refractivity contribution in [2.24, 2.45) is 5.73 Å². The predicted octanol–water partition coefficient (Wildman–Crippen LogP) is 0.868. The smallest absolute Gasteiger partial charge is 0.229 e. The number of hydrogen-bond donors (Lipinski definition) is 1. The maximum Gasteiger partial charge on any atom is 0.229 e. The summed E-state index contributed by atoms with van der Waals surface area (Å²) in [6, 6.07) is 0. The van der Waals surface area contributed by atoms with Crippen LogP contribution in [0.5, 0.6) is 0 Å². The van der Waals surface area contributed by atoms with Gasteiger partial charge in [-0.1, -0.05) is 10.4 Å². The van der Waals surface area contributed by atoms with Crippen LogP contribution in [0.3, 0.4) is 0 Å². The summed E-state index contributed by atoms with van der Waals surface area (Å²) in [6.45, 7) is 1.24. The lowest BCUT2D eigenvalue weighted by molar-refractivity contribution is 0.372. The molecule has 0 amide bonds. The Balaban J connectivity index is 1.56. The summed E-state index contributed by atoms with van der Waals surface area (Å²) in [4.78, 5) is 4.37. The molecule has 0 unspecified atom stereocenters. The van der Waals surface area contributed by atoms with Gasteiger partial charge < -0.3 is 10.3 Å². The molecule has 102 valence electrons. The van der Waals surface area contributed by atoms with E-state index >= 15 is 0 Å². The fourth-order valence-electron chi connectivity index (χ4n) is 1.95. The van der Waals surface area contributed by atoms with Gasteiger partial charge in [-0.05, 0) is 38.6 Å². The van der Waals surface area contributed by atoms with Crippen LogP contribution in [0.4, 0.5) is 0 Å². The summed E-state index contributed by atoms with van der Waals surface area (Å²) < 4.78 is 6.96. The second-order valence-corrected chi connectivity index (χ2v) is 4.98. The van der Waals surface area contributed by atoms with Crippen molar-refractivity contribution < 1.29 is 4.52 Å². The van der Waals surface area contributed by atoms with Gasteiger partial charge in [0, 0.05) is 12.1 Å². The van der Waals surface area contributed by atoms with Gasteiger partial charge in [0.05, 0.1) is 5.69 Å². The van der Waals surface area contributed by atoms with E-state index in [0.717, 1.165) is 50.2 Å². The van der Waals surface area contributed by atoms with Crippen molar-refractivity contribution in [3.63, 3.8) is 0 Å². The van der Waals surface area contributed by atoms with Gasteiger partial charge in [-0.2, -0.15) is 4.98 Å². The number of hydrogen-bond acceptors (Lipinski definition) is 6. The SMILES string of the molecule is NCCCCc1cn(Cc2noc(C3CC3)n2)nn1. The minimum Gasteiger partial charge on any atom is -0.339 e. The molecule has 2 aromatic rings. The summed E-state index contributed by atoms with van der Waals surface area (Å²) in [5, 5.41) is 12.2. The first-order valence-corrected chi connectivity index (χ1v) is 6.76. The molecule has 2 aromatic heterocycles. The maximum absolute atomic E-state index is 5.46. The number of unbranched alkanes of at least 4 members (excludes halogenated alkanes) is 1. The van der Waals surface area contributed by atoms with E-state index in [2.05, 4.69) is 20.5 Å². The Morgan fingerprint density at radius 1 is 1.37 bits per heavy atom. The van der Waals surface area contributed by atoms with Crippen molar-refractivity contribution in [2.45, 2.75) is 44.6 Å². The summed E-state index contributed by atoms with van der Waals surface area (Å²) in [6.07, 6.45) is 7.23. The van der Waals surface area contributed by atoms with E-state index in [0.29, 0.717) is 18.3 Å². The second-order valence-electron chi connectivity index (χ2n) is 4.98. The third-order valence-corrected chi connectivity index (χ3v) is 3.19. The molecule has 0 radical (unpaired) electrons. The van der Waals surface area contributed by atoms with Crippen LogP contribution >= 0.6 is 0 Å². The molecule has 0 spiro atoms. The quantitative estimate of drug-likeness (QED) is 0.744. The van der Waals surface area contributed by atoms with Crippen molar-refractivity contribution in [2.75, 3.05) is 6.54 Å². The lowest BCUT2D eigenvalue weighted by atomic mass is 10.2. The molecule has 0 saturated heterocycles. The van der Waals surface area contributed by atoms with Gasteiger partial charge in [0.1, 0.15) is 6.54 Å². The van der Waals surface area contributed by atoms with E-state index in [1.165, 1.54) is 0 Å². The number of aromatic nitrogens is 5. The molecule has 0 aromatic carbocycles. The van der Waals surface area contributed by atoms with E-state index in [4.69, 9.17) is 10.3 Å². The molecule has 1 saturated carbocycles. The van der Waals surface area contributed by atoms with Crippen molar-refractivity contribution in [1.82, 2.24) is 25.1 Å². The summed E-state index contributed by atoms with van der Waals surface area (Å²) in [5.41, 5.74) is 6.45. The molecule has 1 aliphatic rings. The standard InChI is InChI=1S/C12H18N6O/c13-6-2-1-3-10-7-18(17-15-10)8-11-14-12(19-16-11)9-4-5-9/h7,9H,1-6,8,13H2. The van der Waals surface area contributed by atoms with Gasteiger partial charge in [-0.25, -0.2) is 4.68 Å². The van der Waals surface area contributed by atoms with E-state index in [9.17, 15) is 0 Å². The Kier molecular flexibility index (Phi) is 3.54. The molecule has 0 atom stereocenters. The highest BCUT2D eigenvalue weighted by atomic mass is 16.5. The van der Waals surface area contributed by atoms with Crippen LogP contribution in [0.15, 0.2) is 10.7 Å². The van der Waals surface area contributed by atoms with Crippen LogP contribution < -0.4 is 5.73 Å². The molecule has 7 heteroatoms. The van der Waals surface area contributed by atoms with Crippen LogP contribution in [-0.4, -0.2) is 31.7 Å². The molecule has 19 heavy (non-hydrogen) atoms. The van der Waals surface area contributed by atoms with Gasteiger partial charge >= 0.3 is 0 Å². The minimum atomic E-state index is 0.490. The summed E-state index contributed by atoms with van der Waals surface area (Å²) >= 11 is 0. The molecular formula is C12H18N6O. The van der Waals surface area contributed by atoms with Crippen LogP contribution in [0.2, 0.25) is 0 Å². The van der Waals surface area contributed by atoms with Gasteiger partial charge in [0.25, 0.3) is 0 Å². The average molecular weight is 262 g/mol. The molecule has 1 aliphatic carbocycles. The Labute approximate surface area is 111 Å². The summed E-state index contributed by atoms with van der Waals surface area (Å²) in [5.74, 6) is 1.92. The van der Waals surface area contributed by atoms with E-state index < -0.39 is 0 Å². The maximum atomic E-state index is 5.46. The summed E-state index contributed by atoms with van der Waals surface area (Å²) in [7, 11) is 0. The predicted molar refractivity (Wildman–Crippen MR) is 67.4 cm³/mol. The lowest BCUT2D eigenvalue weighted by Gasteiger charge is -1.94. The van der Waals surface area contributed by atoms with Gasteiger partial charge in [0.2, 0.25) is 5.89 Å². The molecule has 3 rings (SSSR count). The zero-order valence-electron chi connectivity index (χ0n) is 10.8. The third kappa shape index (κ3) is 3.17. The fraction of sp³-hybridized carbons (Fsp3) is 0.667. The Morgan fingerprint density at radius 3 is 3.05 bits per heavy atom. The number of nitrogens with zero attached hydrogens (tertiary/aromatic N) is 5. The molecule has 2 N–H and O–H groups in total. The van der Waals surface area contributed by atoms with Gasteiger partial charge in [-0.3, -0.25) is 0 Å². The highest BCUT2D eigenvalue weighted by molar-refractivity contribution is 5.02. The second kappa shape index (κ2) is 5.48. The highest BCUT2D eigenvalue weighted by Crippen LogP contribution is 2.38. The first kappa shape index (κ1) is 12.3. The van der Waals surface area contributed by atoms with Crippen molar-refractivity contribution in [1.29, 1.82) is 0 Å². The molecule has 0 bridgehead atoms. The van der Waals surface area contributed by atoms with Crippen molar-refractivity contribution in [3.05, 3.63) is 23.6 Å². The largest absolute Gasteiger partial charge is 0.339 e. The van der Waals surface area contributed by atoms with E-state index in [1.807, 2.05) is 6.20 Å². The Bertz CT molecular complexity index is 530. The molecule has 7 nitrogen and oxygen atoms in total. The van der Waals surface area contributed by atoms with Crippen LogP contribution in [-0.2, 0) is 13.0 Å². The normalized spacial score (nSPS) is 15.0. The zero-order valence-corrected chi connectivity index (χ0v) is 10.8. The zero-order chi connectivity index (χ0) is 13.1. The van der Waals surface area contributed by atoms with Crippen molar-refractivity contribution >= 4 is 0 Å². The van der Waals surface area contributed by atoms with E-state index in [-0.39, 0.29) is 0 Å². The van der Waals surface area contributed by atoms with E-state index in [1.54, 1.807) is 4.68 Å². The fourth-order valence-corrected chi connectivity index (χ4v) is 1.95. The average Bonchev–Trinajstić information content (AvgIpc) is 3.00. The van der Waals surface area contributed by atoms with Gasteiger partial charge in [0.15, 0.2) is 5.82 Å². The lowest BCUT2D eigenvalue weighted by Crippen LogP contribution is -2.02. The number of aryl methyl sites for hydroxylation is 1. The molecular weight excluding hydrogens is 244 g/mol. The van der Waals surface area contributed by atoms with Crippen LogP contribution in [0.25, 0.3) is 0 Å². The van der Waals surface area contributed by atoms with Gasteiger partial charge in [-0.15, -0.1) is 5.10 Å². The molecule has 1 fully saturated rings. The minimum absolute atomic E-state index is 0.490. The highest BCUT2D eigenvalue weighted by Gasteiger charge is 2.29. The topological polar surface area (TPSA) is 95.7 Å². The van der Waals surface area contributed by atoms with Crippen molar-refractivity contribution in [3.8, 4) is 0 Å². The molecule has 0 aliphatic heterocycles. The third-order valence-electron chi connectivity index (χ3n) is 3.19. The monoisotopic (exact) mass is 262 g/mol. The molecule has 2 heterocycles. The van der Waals surface area contributed by atoms with Crippen LogP contribution in [0.1, 0.15) is 49.0 Å².